The highest BCUT2D eigenvalue weighted by molar-refractivity contribution is 7.99. The molecule has 0 aliphatic heterocycles. The summed E-state index contributed by atoms with van der Waals surface area (Å²) >= 11 is 1.36. The molecule has 28 heavy (non-hydrogen) atoms. The van der Waals surface area contributed by atoms with Gasteiger partial charge in [-0.05, 0) is 31.9 Å². The van der Waals surface area contributed by atoms with Crippen LogP contribution in [0.25, 0.3) is 0 Å². The molecule has 1 aliphatic carbocycles. The number of allylic oxidation sites excluding steroid dienone is 1. The lowest BCUT2D eigenvalue weighted by Gasteiger charge is -2.21. The summed E-state index contributed by atoms with van der Waals surface area (Å²) < 4.78 is 2.07. The molecule has 1 aliphatic rings. The minimum Gasteiger partial charge on any atom is -0.325 e. The van der Waals surface area contributed by atoms with E-state index in [2.05, 4.69) is 26.7 Å². The van der Waals surface area contributed by atoms with Crippen LogP contribution in [0.5, 0.6) is 0 Å². The van der Waals surface area contributed by atoms with Gasteiger partial charge >= 0.3 is 0 Å². The van der Waals surface area contributed by atoms with E-state index in [1.165, 1.54) is 37.9 Å². The smallest absolute Gasteiger partial charge is 0.234 e. The van der Waals surface area contributed by atoms with Crippen molar-refractivity contribution in [2.45, 2.75) is 56.6 Å². The maximum atomic E-state index is 12.4. The molecular weight excluding hydrogens is 372 g/mol. The fourth-order valence-corrected chi connectivity index (χ4v) is 4.34. The molecule has 1 aromatic carbocycles. The van der Waals surface area contributed by atoms with Gasteiger partial charge in [-0.15, -0.1) is 16.8 Å². The number of nitrogens with zero attached hydrogens (tertiary/aromatic N) is 3. The van der Waals surface area contributed by atoms with E-state index in [9.17, 15) is 9.59 Å². The van der Waals surface area contributed by atoms with Crippen LogP contribution in [0.3, 0.4) is 0 Å². The molecular formula is C21H26N4O2S. The van der Waals surface area contributed by atoms with E-state index in [1.807, 2.05) is 6.08 Å². The second-order valence-electron chi connectivity index (χ2n) is 7.01. The lowest BCUT2D eigenvalue weighted by atomic mass is 9.89. The average molecular weight is 399 g/mol. The van der Waals surface area contributed by atoms with Crippen molar-refractivity contribution >= 4 is 29.1 Å². The fourth-order valence-electron chi connectivity index (χ4n) is 3.59. The van der Waals surface area contributed by atoms with Crippen LogP contribution in [0.15, 0.2) is 42.1 Å². The van der Waals surface area contributed by atoms with Gasteiger partial charge in [-0.2, -0.15) is 0 Å². The third-order valence-corrected chi connectivity index (χ3v) is 5.91. The molecule has 1 aromatic heterocycles. The predicted octanol–water partition coefficient (Wildman–Crippen LogP) is 4.45. The second-order valence-corrected chi connectivity index (χ2v) is 7.96. The third-order valence-electron chi connectivity index (χ3n) is 4.94. The van der Waals surface area contributed by atoms with Crippen molar-refractivity contribution in [2.24, 2.45) is 0 Å². The molecule has 0 atom stereocenters. The number of ketones is 1. The van der Waals surface area contributed by atoms with Gasteiger partial charge in [0.25, 0.3) is 0 Å². The molecule has 1 saturated carbocycles. The Morgan fingerprint density at radius 3 is 2.71 bits per heavy atom. The topological polar surface area (TPSA) is 76.9 Å². The van der Waals surface area contributed by atoms with Crippen molar-refractivity contribution in [3.8, 4) is 0 Å². The Hall–Kier alpha value is -2.41. The Morgan fingerprint density at radius 1 is 1.25 bits per heavy atom. The molecule has 1 amide bonds. The molecule has 3 rings (SSSR count). The molecule has 0 unspecified atom stereocenters. The van der Waals surface area contributed by atoms with Crippen molar-refractivity contribution in [3.63, 3.8) is 0 Å². The molecule has 0 radical (unpaired) electrons. The number of para-hydroxylation sites is 1. The maximum Gasteiger partial charge on any atom is 0.234 e. The Bertz CT molecular complexity index is 856. The number of thioether (sulfide) groups is 1. The van der Waals surface area contributed by atoms with Gasteiger partial charge in [0.2, 0.25) is 5.91 Å². The lowest BCUT2D eigenvalue weighted by Crippen LogP contribution is -2.17. The van der Waals surface area contributed by atoms with Gasteiger partial charge in [0.05, 0.1) is 11.4 Å². The zero-order valence-electron chi connectivity index (χ0n) is 16.2. The van der Waals surface area contributed by atoms with E-state index in [0.29, 0.717) is 23.7 Å². The first-order valence-electron chi connectivity index (χ1n) is 9.66. The van der Waals surface area contributed by atoms with Crippen LogP contribution in [0.4, 0.5) is 5.69 Å². The van der Waals surface area contributed by atoms with Crippen molar-refractivity contribution in [2.75, 3.05) is 11.1 Å². The Kier molecular flexibility index (Phi) is 7.03. The summed E-state index contributed by atoms with van der Waals surface area (Å²) in [6.07, 6.45) is 7.86. The summed E-state index contributed by atoms with van der Waals surface area (Å²) in [5.41, 5.74) is 1.05. The first kappa shape index (κ1) is 20.3. The van der Waals surface area contributed by atoms with E-state index in [1.54, 1.807) is 24.3 Å². The normalized spacial score (nSPS) is 14.6. The summed E-state index contributed by atoms with van der Waals surface area (Å²) in [5.74, 6) is 1.39. The molecule has 1 fully saturated rings. The maximum absolute atomic E-state index is 12.4. The van der Waals surface area contributed by atoms with Crippen molar-refractivity contribution < 1.29 is 9.59 Å². The highest BCUT2D eigenvalue weighted by atomic mass is 32.2. The van der Waals surface area contributed by atoms with E-state index >= 15 is 0 Å². The van der Waals surface area contributed by atoms with Gasteiger partial charge in [0, 0.05) is 18.0 Å². The molecule has 1 heterocycles. The summed E-state index contributed by atoms with van der Waals surface area (Å²) in [6, 6.07) is 7.03. The summed E-state index contributed by atoms with van der Waals surface area (Å²) in [7, 11) is 0. The van der Waals surface area contributed by atoms with Crippen LogP contribution in [0, 0.1) is 0 Å². The van der Waals surface area contributed by atoms with E-state index in [0.717, 1.165) is 23.8 Å². The molecule has 6 nitrogen and oxygen atoms in total. The van der Waals surface area contributed by atoms with E-state index < -0.39 is 0 Å². The van der Waals surface area contributed by atoms with Gasteiger partial charge in [0.1, 0.15) is 5.82 Å². The van der Waals surface area contributed by atoms with Gasteiger partial charge in [0.15, 0.2) is 10.9 Å². The Balaban J connectivity index is 1.67. The fraction of sp³-hybridized carbons (Fsp3) is 0.429. The number of hydrogen-bond donors (Lipinski definition) is 1. The van der Waals surface area contributed by atoms with Gasteiger partial charge in [-0.1, -0.05) is 49.2 Å². The minimum atomic E-state index is -0.175. The third kappa shape index (κ3) is 4.90. The first-order chi connectivity index (χ1) is 13.6. The summed E-state index contributed by atoms with van der Waals surface area (Å²) in [5, 5.41) is 12.3. The van der Waals surface area contributed by atoms with Gasteiger partial charge in [-0.25, -0.2) is 0 Å². The zero-order valence-corrected chi connectivity index (χ0v) is 17.0. The largest absolute Gasteiger partial charge is 0.325 e. The highest BCUT2D eigenvalue weighted by Crippen LogP contribution is 2.33. The predicted molar refractivity (Wildman–Crippen MR) is 112 cm³/mol. The molecule has 148 valence electrons. The zero-order chi connectivity index (χ0) is 19.9. The number of aromatic nitrogens is 3. The van der Waals surface area contributed by atoms with Crippen molar-refractivity contribution in [1.82, 2.24) is 14.8 Å². The number of amides is 1. The number of Topliss-reactive ketones (excluding diaryl/α,β-unsaturated/α-hetero) is 1. The number of anilines is 1. The summed E-state index contributed by atoms with van der Waals surface area (Å²) in [4.78, 5) is 24.1. The molecule has 2 aromatic rings. The van der Waals surface area contributed by atoms with Gasteiger partial charge < -0.3 is 9.88 Å². The molecule has 0 spiro atoms. The quantitative estimate of drug-likeness (QED) is 0.404. The lowest BCUT2D eigenvalue weighted by molar-refractivity contribution is -0.113. The van der Waals surface area contributed by atoms with Crippen LogP contribution in [0.2, 0.25) is 0 Å². The number of benzene rings is 1. The van der Waals surface area contributed by atoms with Crippen LogP contribution >= 0.6 is 11.8 Å². The number of carbonyl (C=O) groups excluding carboxylic acids is 2. The molecule has 7 heteroatoms. The van der Waals surface area contributed by atoms with Crippen molar-refractivity contribution in [1.29, 1.82) is 0 Å². The van der Waals surface area contributed by atoms with Gasteiger partial charge in [-0.3, -0.25) is 9.59 Å². The number of hydrogen-bond acceptors (Lipinski definition) is 5. The highest BCUT2D eigenvalue weighted by Gasteiger charge is 2.23. The minimum absolute atomic E-state index is 0.0774. The summed E-state index contributed by atoms with van der Waals surface area (Å²) in [6.45, 7) is 5.97. The molecule has 0 bridgehead atoms. The monoisotopic (exact) mass is 398 g/mol. The average Bonchev–Trinajstić information content (AvgIpc) is 3.10. The van der Waals surface area contributed by atoms with Crippen LogP contribution < -0.4 is 5.32 Å². The van der Waals surface area contributed by atoms with Crippen molar-refractivity contribution in [3.05, 3.63) is 48.3 Å². The Morgan fingerprint density at radius 2 is 2.00 bits per heavy atom. The standard InChI is InChI=1S/C21H26N4O2S/c1-3-13-25-20(16-9-5-4-6-10-16)23-24-21(25)28-14-19(27)22-18-12-8-7-11-17(18)15(2)26/h3,7-8,11-12,16H,1,4-6,9-10,13-14H2,2H3,(H,22,27). The number of carbonyl (C=O) groups is 2. The SMILES string of the molecule is C=CCn1c(SCC(=O)Nc2ccccc2C(C)=O)nnc1C1CCCCC1. The molecule has 0 saturated heterocycles. The number of nitrogens with one attached hydrogen (secondary N) is 1. The number of rotatable bonds is 8. The van der Waals surface area contributed by atoms with E-state index in [4.69, 9.17) is 0 Å². The Labute approximate surface area is 169 Å². The second kappa shape index (κ2) is 9.68. The van der Waals surface area contributed by atoms with Crippen LogP contribution in [-0.4, -0.2) is 32.2 Å². The van der Waals surface area contributed by atoms with E-state index in [-0.39, 0.29) is 17.4 Å². The van der Waals surface area contributed by atoms with Crippen LogP contribution in [0.1, 0.15) is 61.1 Å². The first-order valence-corrected chi connectivity index (χ1v) is 10.6. The molecule has 1 N–H and O–H groups in total. The van der Waals surface area contributed by atoms with Crippen LogP contribution in [-0.2, 0) is 11.3 Å².